The molecule has 0 radical (unpaired) electrons. The largest absolute Gasteiger partial charge is 0.463 e. The second-order valence-corrected chi connectivity index (χ2v) is 10.9. The van der Waals surface area contributed by atoms with E-state index in [0.29, 0.717) is 11.8 Å². The number of esters is 1. The predicted octanol–water partition coefficient (Wildman–Crippen LogP) is 3.68. The zero-order valence-corrected chi connectivity index (χ0v) is 16.9. The van der Waals surface area contributed by atoms with Gasteiger partial charge in [-0.25, -0.2) is 0 Å². The van der Waals surface area contributed by atoms with Crippen molar-refractivity contribution in [2.75, 3.05) is 6.61 Å². The number of rotatable bonds is 2. The van der Waals surface area contributed by atoms with Crippen LogP contribution in [0.3, 0.4) is 0 Å². The average molecular weight is 365 g/mol. The van der Waals surface area contributed by atoms with Crippen molar-refractivity contribution in [2.45, 2.75) is 90.8 Å². The summed E-state index contributed by atoms with van der Waals surface area (Å²) >= 11 is 0. The summed E-state index contributed by atoms with van der Waals surface area (Å²) in [6.07, 6.45) is 8.17. The van der Waals surface area contributed by atoms with Crippen LogP contribution in [-0.2, 0) is 9.53 Å². The Morgan fingerprint density at radius 3 is 2.50 bits per heavy atom. The SMILES string of the molecule is CC(=O)OC[C@@]1(O)C[C@@]23CC[C@H]4C(C)(C)[C@@H](O)CC[C@]4(C)[C@H]2CC[C@@H]1C3. The number of aliphatic hydroxyl groups is 2. The number of carbonyl (C=O) groups is 1. The third-order valence-corrected chi connectivity index (χ3v) is 9.38. The molecular formula is C22H36O4. The molecule has 0 aliphatic heterocycles. The van der Waals surface area contributed by atoms with Gasteiger partial charge in [0.15, 0.2) is 0 Å². The minimum Gasteiger partial charge on any atom is -0.463 e. The highest BCUT2D eigenvalue weighted by Gasteiger charge is 2.68. The summed E-state index contributed by atoms with van der Waals surface area (Å²) in [6, 6.07) is 0. The third-order valence-electron chi connectivity index (χ3n) is 9.38. The van der Waals surface area contributed by atoms with E-state index in [0.717, 1.165) is 44.9 Å². The molecule has 7 atom stereocenters. The molecule has 4 rings (SSSR count). The van der Waals surface area contributed by atoms with Crippen LogP contribution in [0.1, 0.15) is 79.1 Å². The van der Waals surface area contributed by atoms with Gasteiger partial charge < -0.3 is 14.9 Å². The highest BCUT2D eigenvalue weighted by Crippen LogP contribution is 2.72. The predicted molar refractivity (Wildman–Crippen MR) is 99.3 cm³/mol. The Morgan fingerprint density at radius 2 is 1.81 bits per heavy atom. The topological polar surface area (TPSA) is 66.8 Å². The second kappa shape index (κ2) is 5.70. The summed E-state index contributed by atoms with van der Waals surface area (Å²) in [5, 5.41) is 22.0. The van der Waals surface area contributed by atoms with Gasteiger partial charge in [0.25, 0.3) is 0 Å². The molecule has 4 aliphatic rings. The normalized spacial score (nSPS) is 52.1. The van der Waals surface area contributed by atoms with E-state index in [9.17, 15) is 15.0 Å². The molecule has 1 spiro atoms. The van der Waals surface area contributed by atoms with Crippen LogP contribution >= 0.6 is 0 Å². The van der Waals surface area contributed by atoms with Crippen LogP contribution in [0.4, 0.5) is 0 Å². The summed E-state index contributed by atoms with van der Waals surface area (Å²) in [7, 11) is 0. The molecule has 4 saturated carbocycles. The molecule has 2 N–H and O–H groups in total. The molecule has 2 bridgehead atoms. The Balaban J connectivity index is 1.63. The van der Waals surface area contributed by atoms with Crippen LogP contribution < -0.4 is 0 Å². The first-order valence-electron chi connectivity index (χ1n) is 10.6. The molecular weight excluding hydrogens is 328 g/mol. The molecule has 4 nitrogen and oxygen atoms in total. The first kappa shape index (κ1) is 18.7. The Kier molecular flexibility index (Phi) is 4.11. The molecule has 0 unspecified atom stereocenters. The summed E-state index contributed by atoms with van der Waals surface area (Å²) in [6.45, 7) is 8.57. The van der Waals surface area contributed by atoms with Gasteiger partial charge in [-0.15, -0.1) is 0 Å². The summed E-state index contributed by atoms with van der Waals surface area (Å²) in [5.74, 6) is 1.13. The van der Waals surface area contributed by atoms with E-state index in [-0.39, 0.29) is 40.8 Å². The molecule has 0 aromatic carbocycles. The molecule has 148 valence electrons. The Morgan fingerprint density at radius 1 is 1.08 bits per heavy atom. The molecule has 4 fully saturated rings. The van der Waals surface area contributed by atoms with Crippen molar-refractivity contribution in [2.24, 2.45) is 34.0 Å². The lowest BCUT2D eigenvalue weighted by Gasteiger charge is -2.64. The molecule has 4 heteroatoms. The van der Waals surface area contributed by atoms with Gasteiger partial charge in [-0.1, -0.05) is 20.8 Å². The zero-order valence-electron chi connectivity index (χ0n) is 16.9. The van der Waals surface area contributed by atoms with Gasteiger partial charge >= 0.3 is 5.97 Å². The first-order chi connectivity index (χ1) is 12.0. The fraction of sp³-hybridized carbons (Fsp3) is 0.955. The number of hydrogen-bond donors (Lipinski definition) is 2. The van der Waals surface area contributed by atoms with E-state index < -0.39 is 5.60 Å². The van der Waals surface area contributed by atoms with Crippen LogP contribution in [-0.4, -0.2) is 34.5 Å². The summed E-state index contributed by atoms with van der Waals surface area (Å²) < 4.78 is 5.27. The Hall–Kier alpha value is -0.610. The number of carbonyl (C=O) groups excluding carboxylic acids is 1. The minimum absolute atomic E-state index is 0.0297. The Bertz CT molecular complexity index is 601. The monoisotopic (exact) mass is 364 g/mol. The van der Waals surface area contributed by atoms with Crippen LogP contribution in [0, 0.1) is 34.0 Å². The van der Waals surface area contributed by atoms with Gasteiger partial charge in [-0.05, 0) is 85.4 Å². The maximum absolute atomic E-state index is 11.4. The van der Waals surface area contributed by atoms with E-state index >= 15 is 0 Å². The van der Waals surface area contributed by atoms with Crippen molar-refractivity contribution in [1.82, 2.24) is 0 Å². The molecule has 4 aliphatic carbocycles. The Labute approximate surface area is 157 Å². The standard InChI is InChI=1S/C22H36O4/c1-14(23)26-13-22(25)12-21-10-7-16-19(2,3)18(24)8-9-20(16,4)17(21)6-5-15(22)11-21/h15-18,24-25H,5-13H2,1-4H3/t15-,16+,17-,18+,20+,21+,22+/m1/s1. The van der Waals surface area contributed by atoms with Gasteiger partial charge in [0.2, 0.25) is 0 Å². The smallest absolute Gasteiger partial charge is 0.302 e. The van der Waals surface area contributed by atoms with Gasteiger partial charge in [-0.3, -0.25) is 4.79 Å². The van der Waals surface area contributed by atoms with Gasteiger partial charge in [0.05, 0.1) is 6.10 Å². The number of ether oxygens (including phenoxy) is 1. The molecule has 0 aromatic rings. The van der Waals surface area contributed by atoms with Crippen molar-refractivity contribution < 1.29 is 19.7 Å². The zero-order chi connectivity index (χ0) is 19.0. The van der Waals surface area contributed by atoms with E-state index in [1.54, 1.807) is 0 Å². The number of hydrogen-bond acceptors (Lipinski definition) is 4. The molecule has 0 amide bonds. The van der Waals surface area contributed by atoms with Gasteiger partial charge in [-0.2, -0.15) is 0 Å². The van der Waals surface area contributed by atoms with Crippen molar-refractivity contribution in [3.63, 3.8) is 0 Å². The van der Waals surface area contributed by atoms with Crippen molar-refractivity contribution in [1.29, 1.82) is 0 Å². The maximum Gasteiger partial charge on any atom is 0.302 e. The van der Waals surface area contributed by atoms with Crippen molar-refractivity contribution >= 4 is 5.97 Å². The summed E-state index contributed by atoms with van der Waals surface area (Å²) in [4.78, 5) is 11.3. The van der Waals surface area contributed by atoms with Crippen LogP contribution in [0.5, 0.6) is 0 Å². The average Bonchev–Trinajstić information content (AvgIpc) is 2.76. The fourth-order valence-electron chi connectivity index (χ4n) is 8.23. The lowest BCUT2D eigenvalue weighted by Crippen LogP contribution is -2.59. The minimum atomic E-state index is -0.840. The quantitative estimate of drug-likeness (QED) is 0.734. The highest BCUT2D eigenvalue weighted by molar-refractivity contribution is 5.66. The lowest BCUT2D eigenvalue weighted by molar-refractivity contribution is -0.181. The van der Waals surface area contributed by atoms with Crippen LogP contribution in [0.2, 0.25) is 0 Å². The third kappa shape index (κ3) is 2.44. The fourth-order valence-corrected chi connectivity index (χ4v) is 8.23. The second-order valence-electron chi connectivity index (χ2n) is 10.9. The lowest BCUT2D eigenvalue weighted by atomic mass is 9.41. The van der Waals surface area contributed by atoms with E-state index in [4.69, 9.17) is 4.74 Å². The van der Waals surface area contributed by atoms with Crippen molar-refractivity contribution in [3.8, 4) is 0 Å². The maximum atomic E-state index is 11.4. The molecule has 0 saturated heterocycles. The van der Waals surface area contributed by atoms with Gasteiger partial charge in [0, 0.05) is 6.92 Å². The van der Waals surface area contributed by atoms with E-state index in [2.05, 4.69) is 20.8 Å². The first-order valence-corrected chi connectivity index (χ1v) is 10.6. The van der Waals surface area contributed by atoms with Crippen LogP contribution in [0.15, 0.2) is 0 Å². The summed E-state index contributed by atoms with van der Waals surface area (Å²) in [5.41, 5.74) is -0.425. The highest BCUT2D eigenvalue weighted by atomic mass is 16.5. The number of fused-ring (bicyclic) bond motifs is 3. The molecule has 0 aromatic heterocycles. The van der Waals surface area contributed by atoms with E-state index in [1.165, 1.54) is 13.3 Å². The van der Waals surface area contributed by atoms with Gasteiger partial charge in [0.1, 0.15) is 12.2 Å². The van der Waals surface area contributed by atoms with Crippen LogP contribution in [0.25, 0.3) is 0 Å². The van der Waals surface area contributed by atoms with E-state index in [1.807, 2.05) is 0 Å². The van der Waals surface area contributed by atoms with Crippen molar-refractivity contribution in [3.05, 3.63) is 0 Å². The number of aliphatic hydroxyl groups excluding tert-OH is 1. The molecule has 0 heterocycles. The molecule has 26 heavy (non-hydrogen) atoms.